The summed E-state index contributed by atoms with van der Waals surface area (Å²) in [5.74, 6) is 0. The Morgan fingerprint density at radius 1 is 1.27 bits per heavy atom. The molecule has 76 valence electrons. The highest BCUT2D eigenvalue weighted by Crippen LogP contribution is 2.12. The van der Waals surface area contributed by atoms with Crippen LogP contribution in [0.1, 0.15) is 21.6 Å². The van der Waals surface area contributed by atoms with Gasteiger partial charge in [0, 0.05) is 0 Å². The first-order valence-electron chi connectivity index (χ1n) is 4.66. The number of aryl methyl sites for hydroxylation is 2. The number of hydrogen-bond donors (Lipinski definition) is 0. The van der Waals surface area contributed by atoms with Crippen molar-refractivity contribution in [3.63, 3.8) is 0 Å². The number of carbonyl (C=O) groups is 1. The van der Waals surface area contributed by atoms with Crippen LogP contribution in [0.2, 0.25) is 0 Å². The van der Waals surface area contributed by atoms with Gasteiger partial charge in [-0.05, 0) is 37.1 Å². The first kappa shape index (κ1) is 9.58. The molecule has 4 nitrogen and oxygen atoms in total. The smallest absolute Gasteiger partial charge is 0.171 e. The summed E-state index contributed by atoms with van der Waals surface area (Å²) < 4.78 is 1.59. The molecule has 2 rings (SSSR count). The largest absolute Gasteiger partial charge is 0.296 e. The second-order valence-electron chi connectivity index (χ2n) is 3.47. The highest BCUT2D eigenvalue weighted by atomic mass is 16.1. The van der Waals surface area contributed by atoms with Gasteiger partial charge in [0.1, 0.15) is 5.69 Å². The SMILES string of the molecule is Cc1ccc(-n2cc(C=O)nn2)cc1C. The van der Waals surface area contributed by atoms with Crippen LogP contribution in [-0.2, 0) is 0 Å². The Kier molecular flexibility index (Phi) is 2.33. The summed E-state index contributed by atoms with van der Waals surface area (Å²) in [4.78, 5) is 10.5. The van der Waals surface area contributed by atoms with Crippen LogP contribution in [0.15, 0.2) is 24.4 Å². The molecular weight excluding hydrogens is 190 g/mol. The van der Waals surface area contributed by atoms with E-state index in [1.165, 1.54) is 11.1 Å². The molecule has 0 fully saturated rings. The highest BCUT2D eigenvalue weighted by molar-refractivity contribution is 5.70. The summed E-state index contributed by atoms with van der Waals surface area (Å²) in [6.07, 6.45) is 2.29. The summed E-state index contributed by atoms with van der Waals surface area (Å²) in [5.41, 5.74) is 3.68. The molecular formula is C11H11N3O. The van der Waals surface area contributed by atoms with E-state index >= 15 is 0 Å². The Labute approximate surface area is 87.5 Å². The molecule has 0 unspecified atom stereocenters. The lowest BCUT2D eigenvalue weighted by molar-refractivity contribution is 0.111. The molecule has 0 aliphatic heterocycles. The van der Waals surface area contributed by atoms with Crippen LogP contribution >= 0.6 is 0 Å². The lowest BCUT2D eigenvalue weighted by atomic mass is 10.1. The Hall–Kier alpha value is -1.97. The summed E-state index contributed by atoms with van der Waals surface area (Å²) in [5, 5.41) is 7.57. The summed E-state index contributed by atoms with van der Waals surface area (Å²) >= 11 is 0. The Morgan fingerprint density at radius 3 is 2.67 bits per heavy atom. The predicted molar refractivity (Wildman–Crippen MR) is 56.2 cm³/mol. The van der Waals surface area contributed by atoms with E-state index in [-0.39, 0.29) is 0 Å². The number of nitrogens with zero attached hydrogens (tertiary/aromatic N) is 3. The zero-order valence-electron chi connectivity index (χ0n) is 8.64. The minimum absolute atomic E-state index is 0.341. The molecule has 0 spiro atoms. The van der Waals surface area contributed by atoms with Crippen molar-refractivity contribution in [3.05, 3.63) is 41.2 Å². The first-order chi connectivity index (χ1) is 7.20. The van der Waals surface area contributed by atoms with Gasteiger partial charge in [0.15, 0.2) is 6.29 Å². The standard InChI is InChI=1S/C11H11N3O/c1-8-3-4-11(5-9(8)2)14-6-10(7-15)12-13-14/h3-7H,1-2H3. The van der Waals surface area contributed by atoms with E-state index in [1.807, 2.05) is 25.1 Å². The van der Waals surface area contributed by atoms with E-state index in [0.717, 1.165) is 5.69 Å². The molecule has 1 heterocycles. The lowest BCUT2D eigenvalue weighted by Gasteiger charge is -2.03. The molecule has 1 aromatic carbocycles. The normalized spacial score (nSPS) is 10.3. The third kappa shape index (κ3) is 1.79. The van der Waals surface area contributed by atoms with Gasteiger partial charge in [0.2, 0.25) is 0 Å². The van der Waals surface area contributed by atoms with Crippen molar-refractivity contribution in [2.75, 3.05) is 0 Å². The van der Waals surface area contributed by atoms with E-state index in [1.54, 1.807) is 10.9 Å². The van der Waals surface area contributed by atoms with Crippen molar-refractivity contribution in [2.24, 2.45) is 0 Å². The van der Waals surface area contributed by atoms with Crippen LogP contribution in [0.4, 0.5) is 0 Å². The van der Waals surface area contributed by atoms with Crippen LogP contribution in [0.3, 0.4) is 0 Å². The van der Waals surface area contributed by atoms with Gasteiger partial charge in [-0.1, -0.05) is 11.3 Å². The molecule has 0 saturated heterocycles. The molecule has 0 atom stereocenters. The van der Waals surface area contributed by atoms with Crippen molar-refractivity contribution in [1.29, 1.82) is 0 Å². The number of carbonyl (C=O) groups excluding carboxylic acids is 1. The molecule has 0 saturated carbocycles. The van der Waals surface area contributed by atoms with E-state index in [2.05, 4.69) is 17.2 Å². The van der Waals surface area contributed by atoms with Crippen molar-refractivity contribution in [3.8, 4) is 5.69 Å². The number of benzene rings is 1. The molecule has 4 heteroatoms. The lowest BCUT2D eigenvalue weighted by Crippen LogP contribution is -1.96. The zero-order valence-corrected chi connectivity index (χ0v) is 8.64. The van der Waals surface area contributed by atoms with Gasteiger partial charge in [-0.25, -0.2) is 4.68 Å². The fraction of sp³-hybridized carbons (Fsp3) is 0.182. The van der Waals surface area contributed by atoms with Gasteiger partial charge in [-0.2, -0.15) is 0 Å². The van der Waals surface area contributed by atoms with Crippen LogP contribution in [-0.4, -0.2) is 21.3 Å². The monoisotopic (exact) mass is 201 g/mol. The number of aldehydes is 1. The number of rotatable bonds is 2. The zero-order chi connectivity index (χ0) is 10.8. The first-order valence-corrected chi connectivity index (χ1v) is 4.66. The molecule has 0 aliphatic carbocycles. The third-order valence-corrected chi connectivity index (χ3v) is 2.39. The van der Waals surface area contributed by atoms with Crippen molar-refractivity contribution >= 4 is 6.29 Å². The average Bonchev–Trinajstić information content (AvgIpc) is 2.70. The van der Waals surface area contributed by atoms with Gasteiger partial charge in [0.25, 0.3) is 0 Å². The van der Waals surface area contributed by atoms with Crippen LogP contribution in [0.25, 0.3) is 5.69 Å². The maximum Gasteiger partial charge on any atom is 0.171 e. The third-order valence-electron chi connectivity index (χ3n) is 2.39. The van der Waals surface area contributed by atoms with Gasteiger partial charge >= 0.3 is 0 Å². The van der Waals surface area contributed by atoms with Crippen LogP contribution < -0.4 is 0 Å². The fourth-order valence-corrected chi connectivity index (χ4v) is 1.33. The fourth-order valence-electron chi connectivity index (χ4n) is 1.33. The molecule has 15 heavy (non-hydrogen) atoms. The second-order valence-corrected chi connectivity index (χ2v) is 3.47. The Bertz CT molecular complexity index is 502. The maximum absolute atomic E-state index is 10.5. The van der Waals surface area contributed by atoms with Crippen LogP contribution in [0, 0.1) is 13.8 Å². The van der Waals surface area contributed by atoms with Crippen LogP contribution in [0.5, 0.6) is 0 Å². The maximum atomic E-state index is 10.5. The number of aromatic nitrogens is 3. The average molecular weight is 201 g/mol. The van der Waals surface area contributed by atoms with Gasteiger partial charge in [0.05, 0.1) is 11.9 Å². The summed E-state index contributed by atoms with van der Waals surface area (Å²) in [7, 11) is 0. The molecule has 0 bridgehead atoms. The minimum atomic E-state index is 0.341. The quantitative estimate of drug-likeness (QED) is 0.695. The predicted octanol–water partition coefficient (Wildman–Crippen LogP) is 1.70. The van der Waals surface area contributed by atoms with Gasteiger partial charge in [-0.15, -0.1) is 5.10 Å². The van der Waals surface area contributed by atoms with Gasteiger partial charge < -0.3 is 0 Å². The number of hydrogen-bond acceptors (Lipinski definition) is 3. The van der Waals surface area contributed by atoms with E-state index in [0.29, 0.717) is 12.0 Å². The molecule has 0 amide bonds. The summed E-state index contributed by atoms with van der Waals surface area (Å²) in [6.45, 7) is 4.09. The topological polar surface area (TPSA) is 47.8 Å². The van der Waals surface area contributed by atoms with Crippen molar-refractivity contribution in [2.45, 2.75) is 13.8 Å². The van der Waals surface area contributed by atoms with Crippen molar-refractivity contribution < 1.29 is 4.79 Å². The minimum Gasteiger partial charge on any atom is -0.296 e. The Morgan fingerprint density at radius 2 is 2.07 bits per heavy atom. The molecule has 0 N–H and O–H groups in total. The molecule has 0 radical (unpaired) electrons. The molecule has 0 aliphatic rings. The second kappa shape index (κ2) is 3.65. The molecule has 1 aromatic heterocycles. The summed E-state index contributed by atoms with van der Waals surface area (Å²) in [6, 6.07) is 5.98. The highest BCUT2D eigenvalue weighted by Gasteiger charge is 2.02. The molecule has 2 aromatic rings. The van der Waals surface area contributed by atoms with Gasteiger partial charge in [-0.3, -0.25) is 4.79 Å². The van der Waals surface area contributed by atoms with E-state index in [4.69, 9.17) is 0 Å². The van der Waals surface area contributed by atoms with Crippen molar-refractivity contribution in [1.82, 2.24) is 15.0 Å². The van der Waals surface area contributed by atoms with E-state index in [9.17, 15) is 4.79 Å². The van der Waals surface area contributed by atoms with E-state index < -0.39 is 0 Å². The Balaban J connectivity index is 2.44.